The van der Waals surface area contributed by atoms with Crippen LogP contribution in [0.4, 0.5) is 0 Å². The van der Waals surface area contributed by atoms with E-state index in [4.69, 9.17) is 9.47 Å². The number of hydrogen-bond donors (Lipinski definition) is 3. The van der Waals surface area contributed by atoms with E-state index in [1.807, 2.05) is 9.91 Å². The highest BCUT2D eigenvalue weighted by atomic mass is 16.5. The van der Waals surface area contributed by atoms with Crippen molar-refractivity contribution in [2.24, 2.45) is 0 Å². The maximum Gasteiger partial charge on any atom is 0.324 e. The lowest BCUT2D eigenvalue weighted by molar-refractivity contribution is -0.149. The van der Waals surface area contributed by atoms with Crippen molar-refractivity contribution < 1.29 is 29.0 Å². The second-order valence-corrected chi connectivity index (χ2v) is 17.3. The average molecular weight is 835 g/mol. The molecule has 3 N–H and O–H groups in total. The van der Waals surface area contributed by atoms with Crippen LogP contribution < -0.4 is 10.7 Å². The second-order valence-electron chi connectivity index (χ2n) is 17.3. The Kier molecular flexibility index (Phi) is 39.8. The van der Waals surface area contributed by atoms with Crippen LogP contribution in [0, 0.1) is 0 Å². The molecule has 10 heteroatoms. The first-order chi connectivity index (χ1) is 29.0. The molecule has 1 saturated heterocycles. The minimum Gasteiger partial charge on any atom is -0.480 e. The van der Waals surface area contributed by atoms with Gasteiger partial charge in [0.2, 0.25) is 0 Å². The number of nitrogens with one attached hydrogen (secondary N) is 2. The van der Waals surface area contributed by atoms with Crippen molar-refractivity contribution in [3.63, 3.8) is 0 Å². The molecule has 0 radical (unpaired) electrons. The van der Waals surface area contributed by atoms with E-state index in [9.17, 15) is 19.5 Å². The van der Waals surface area contributed by atoms with Crippen LogP contribution in [0.15, 0.2) is 12.2 Å². The largest absolute Gasteiger partial charge is 0.480 e. The summed E-state index contributed by atoms with van der Waals surface area (Å²) in [7, 11) is 0. The Morgan fingerprint density at radius 3 is 1.51 bits per heavy atom. The van der Waals surface area contributed by atoms with Gasteiger partial charge >= 0.3 is 17.9 Å². The van der Waals surface area contributed by atoms with Gasteiger partial charge in [0.05, 0.1) is 19.8 Å². The van der Waals surface area contributed by atoms with Gasteiger partial charge < -0.3 is 19.9 Å². The van der Waals surface area contributed by atoms with Gasteiger partial charge in [-0.15, -0.1) is 0 Å². The van der Waals surface area contributed by atoms with Gasteiger partial charge in [0.25, 0.3) is 0 Å². The third-order valence-corrected chi connectivity index (χ3v) is 11.6. The molecule has 1 aliphatic rings. The average Bonchev–Trinajstić information content (AvgIpc) is 3.33. The number of allylic oxidation sites excluding steroid dienone is 2. The van der Waals surface area contributed by atoms with Gasteiger partial charge in [-0.2, -0.15) is 0 Å². The van der Waals surface area contributed by atoms with Crippen LogP contribution in [-0.4, -0.2) is 98.0 Å². The Bertz CT molecular complexity index is 998. The molecule has 0 saturated carbocycles. The van der Waals surface area contributed by atoms with E-state index in [-0.39, 0.29) is 31.3 Å². The smallest absolute Gasteiger partial charge is 0.324 e. The molecule has 346 valence electrons. The Balaban J connectivity index is 2.32. The number of rotatable bonds is 41. The maximum atomic E-state index is 13.4. The SMILES string of the molecule is CCCCCCCC/C=C\CCCCCCCCOC(=O)CC[C@H](NN1CCNCCN(CC(=O)O)CC1)C(=O)OCCCCCCCCCCCCCCCCCC. The maximum absolute atomic E-state index is 13.4. The fraction of sp³-hybridized carbons (Fsp3) is 0.898. The van der Waals surface area contributed by atoms with Gasteiger partial charge in [-0.25, -0.2) is 10.4 Å². The standard InChI is InChI=1S/C49H94N4O6/c1-3-5-7-9-11-13-15-17-19-21-23-25-27-29-31-33-43-58-48(56)36-35-46(51-53-40-38-50-37-39-52(41-42-53)45-47(54)55)49(57)59-44-34-32-30-28-26-24-22-20-18-16-14-12-10-8-6-4-2/h17,19,46,50-51H,3-16,18,20-45H2,1-2H3,(H,54,55)/b19-17-/t46-/m0/s1. The summed E-state index contributed by atoms with van der Waals surface area (Å²) < 4.78 is 11.3. The zero-order chi connectivity index (χ0) is 42.7. The lowest BCUT2D eigenvalue weighted by atomic mass is 10.0. The van der Waals surface area contributed by atoms with Crippen LogP contribution in [0.25, 0.3) is 0 Å². The molecular weight excluding hydrogens is 741 g/mol. The van der Waals surface area contributed by atoms with E-state index in [1.165, 1.54) is 154 Å². The minimum atomic E-state index is -0.852. The van der Waals surface area contributed by atoms with Crippen molar-refractivity contribution in [3.05, 3.63) is 12.2 Å². The molecule has 1 fully saturated rings. The number of ether oxygens (including phenoxy) is 2. The van der Waals surface area contributed by atoms with Crippen molar-refractivity contribution in [2.45, 2.75) is 225 Å². The molecule has 0 bridgehead atoms. The van der Waals surface area contributed by atoms with Gasteiger partial charge in [0, 0.05) is 45.7 Å². The highest BCUT2D eigenvalue weighted by Crippen LogP contribution is 2.15. The molecule has 0 aromatic rings. The Morgan fingerprint density at radius 2 is 1.02 bits per heavy atom. The summed E-state index contributed by atoms with van der Waals surface area (Å²) in [4.78, 5) is 39.4. The molecule has 0 unspecified atom stereocenters. The Labute approximate surface area is 363 Å². The van der Waals surface area contributed by atoms with E-state index >= 15 is 0 Å². The lowest BCUT2D eigenvalue weighted by Crippen LogP contribution is -2.52. The van der Waals surface area contributed by atoms with E-state index in [1.54, 1.807) is 0 Å². The number of esters is 2. The molecule has 0 amide bonds. The summed E-state index contributed by atoms with van der Waals surface area (Å²) in [6.45, 7) is 9.11. The topological polar surface area (TPSA) is 120 Å². The fourth-order valence-electron chi connectivity index (χ4n) is 7.79. The quantitative estimate of drug-likeness (QED) is 0.0312. The van der Waals surface area contributed by atoms with Crippen LogP contribution in [-0.2, 0) is 23.9 Å². The van der Waals surface area contributed by atoms with E-state index in [0.717, 1.165) is 38.5 Å². The number of hydrogen-bond acceptors (Lipinski definition) is 9. The van der Waals surface area contributed by atoms with Crippen LogP contribution >= 0.6 is 0 Å². The monoisotopic (exact) mass is 835 g/mol. The molecule has 1 rings (SSSR count). The first kappa shape index (κ1) is 55.0. The summed E-state index contributed by atoms with van der Waals surface area (Å²) in [5.74, 6) is -1.48. The summed E-state index contributed by atoms with van der Waals surface area (Å²) in [6.07, 6.45) is 43.1. The van der Waals surface area contributed by atoms with Crippen molar-refractivity contribution in [1.29, 1.82) is 0 Å². The van der Waals surface area contributed by atoms with Crippen LogP contribution in [0.2, 0.25) is 0 Å². The molecular formula is C49H94N4O6. The number of carbonyl (C=O) groups excluding carboxylic acids is 2. The number of unbranched alkanes of at least 4 members (excludes halogenated alkanes) is 27. The van der Waals surface area contributed by atoms with Crippen molar-refractivity contribution in [3.8, 4) is 0 Å². The van der Waals surface area contributed by atoms with Crippen molar-refractivity contribution in [1.82, 2.24) is 20.7 Å². The minimum absolute atomic E-state index is 0.0247. The third-order valence-electron chi connectivity index (χ3n) is 11.6. The number of aliphatic carboxylic acids is 1. The molecule has 0 aromatic heterocycles. The number of carboxylic acid groups (broad SMARTS) is 1. The predicted molar refractivity (Wildman–Crippen MR) is 246 cm³/mol. The molecule has 0 aliphatic carbocycles. The number of nitrogens with zero attached hydrogens (tertiary/aromatic N) is 2. The fourth-order valence-corrected chi connectivity index (χ4v) is 7.79. The Morgan fingerprint density at radius 1 is 0.576 bits per heavy atom. The van der Waals surface area contributed by atoms with Gasteiger partial charge in [0.1, 0.15) is 6.04 Å². The molecule has 1 aliphatic heterocycles. The highest BCUT2D eigenvalue weighted by Gasteiger charge is 2.25. The zero-order valence-electron chi connectivity index (χ0n) is 38.6. The van der Waals surface area contributed by atoms with E-state index in [0.29, 0.717) is 52.5 Å². The summed E-state index contributed by atoms with van der Waals surface area (Å²) in [6, 6.07) is -0.678. The van der Waals surface area contributed by atoms with Gasteiger partial charge in [-0.05, 0) is 44.9 Å². The normalized spacial score (nSPS) is 14.9. The van der Waals surface area contributed by atoms with Gasteiger partial charge in [-0.1, -0.05) is 180 Å². The molecule has 0 aromatic carbocycles. The molecule has 1 atom stereocenters. The first-order valence-corrected chi connectivity index (χ1v) is 25.1. The molecule has 10 nitrogen and oxygen atoms in total. The van der Waals surface area contributed by atoms with Crippen molar-refractivity contribution in [2.75, 3.05) is 59.0 Å². The van der Waals surface area contributed by atoms with Gasteiger partial charge in [-0.3, -0.25) is 19.3 Å². The highest BCUT2D eigenvalue weighted by molar-refractivity contribution is 5.77. The summed E-state index contributed by atoms with van der Waals surface area (Å²) in [5, 5.41) is 14.7. The molecule has 59 heavy (non-hydrogen) atoms. The van der Waals surface area contributed by atoms with Crippen LogP contribution in [0.3, 0.4) is 0 Å². The van der Waals surface area contributed by atoms with Gasteiger partial charge in [0.15, 0.2) is 0 Å². The van der Waals surface area contributed by atoms with E-state index < -0.39 is 12.0 Å². The van der Waals surface area contributed by atoms with Crippen molar-refractivity contribution >= 4 is 17.9 Å². The number of carbonyl (C=O) groups is 3. The number of hydrazine groups is 1. The van der Waals surface area contributed by atoms with Crippen LogP contribution in [0.1, 0.15) is 219 Å². The van der Waals surface area contributed by atoms with Crippen LogP contribution in [0.5, 0.6) is 0 Å². The second kappa shape index (κ2) is 42.7. The summed E-state index contributed by atoms with van der Waals surface area (Å²) >= 11 is 0. The van der Waals surface area contributed by atoms with E-state index in [2.05, 4.69) is 36.7 Å². The number of carboxylic acids is 1. The molecule has 0 spiro atoms. The Hall–Kier alpha value is -2.01. The zero-order valence-corrected chi connectivity index (χ0v) is 38.6. The predicted octanol–water partition coefficient (Wildman–Crippen LogP) is 11.3. The summed E-state index contributed by atoms with van der Waals surface area (Å²) in [5.41, 5.74) is 3.35. The lowest BCUT2D eigenvalue weighted by Gasteiger charge is -2.29. The molecule has 1 heterocycles. The third kappa shape index (κ3) is 37.5. The first-order valence-electron chi connectivity index (χ1n) is 25.1.